The minimum absolute atomic E-state index is 0.297. The molecule has 2 N–H and O–H groups in total. The Morgan fingerprint density at radius 1 is 1.55 bits per heavy atom. The average molecular weight is 155 g/mol. The molecule has 64 valence electrons. The van der Waals surface area contributed by atoms with Crippen LogP contribution in [-0.2, 0) is 4.79 Å². The molecule has 1 rings (SSSR count). The van der Waals surface area contributed by atoms with Crippen molar-refractivity contribution < 1.29 is 4.79 Å². The second-order valence-corrected chi connectivity index (χ2v) is 3.45. The molecule has 0 aromatic heterocycles. The van der Waals surface area contributed by atoms with Crippen LogP contribution in [0.25, 0.3) is 0 Å². The van der Waals surface area contributed by atoms with Crippen molar-refractivity contribution in [2.75, 3.05) is 0 Å². The first-order valence-corrected chi connectivity index (χ1v) is 4.51. The lowest BCUT2D eigenvalue weighted by Gasteiger charge is -2.12. The van der Waals surface area contributed by atoms with Crippen LogP contribution in [0.3, 0.4) is 0 Å². The Morgan fingerprint density at radius 3 is 2.73 bits per heavy atom. The summed E-state index contributed by atoms with van der Waals surface area (Å²) >= 11 is 0. The van der Waals surface area contributed by atoms with E-state index in [1.165, 1.54) is 6.42 Å². The van der Waals surface area contributed by atoms with E-state index in [1.807, 2.05) is 6.92 Å². The van der Waals surface area contributed by atoms with Crippen LogP contribution in [0.4, 0.5) is 0 Å². The van der Waals surface area contributed by atoms with Gasteiger partial charge in [-0.25, -0.2) is 0 Å². The summed E-state index contributed by atoms with van der Waals surface area (Å²) in [6.45, 7) is 1.92. The van der Waals surface area contributed by atoms with Crippen LogP contribution in [0.2, 0.25) is 0 Å². The van der Waals surface area contributed by atoms with Crippen molar-refractivity contribution in [3.63, 3.8) is 0 Å². The first kappa shape index (κ1) is 8.72. The topological polar surface area (TPSA) is 43.1 Å². The summed E-state index contributed by atoms with van der Waals surface area (Å²) in [5.41, 5.74) is 5.83. The number of ketones is 1. The summed E-state index contributed by atoms with van der Waals surface area (Å²) < 4.78 is 0. The maximum atomic E-state index is 11.1. The van der Waals surface area contributed by atoms with Gasteiger partial charge in [-0.1, -0.05) is 13.3 Å². The van der Waals surface area contributed by atoms with Gasteiger partial charge < -0.3 is 5.73 Å². The van der Waals surface area contributed by atoms with Crippen molar-refractivity contribution >= 4 is 5.78 Å². The summed E-state index contributed by atoms with van der Waals surface area (Å²) in [7, 11) is 0. The van der Waals surface area contributed by atoms with E-state index in [9.17, 15) is 4.79 Å². The number of Topliss-reactive ketones (excluding diaryl/α,β-unsaturated/α-hetero) is 1. The molecule has 1 aliphatic carbocycles. The van der Waals surface area contributed by atoms with Gasteiger partial charge in [0.25, 0.3) is 0 Å². The molecule has 0 heterocycles. The van der Waals surface area contributed by atoms with Crippen LogP contribution in [0.15, 0.2) is 0 Å². The van der Waals surface area contributed by atoms with Gasteiger partial charge in [-0.2, -0.15) is 0 Å². The first-order chi connectivity index (χ1) is 5.24. The van der Waals surface area contributed by atoms with Gasteiger partial charge in [0.1, 0.15) is 5.78 Å². The van der Waals surface area contributed by atoms with E-state index < -0.39 is 0 Å². The highest BCUT2D eigenvalue weighted by molar-refractivity contribution is 5.78. The van der Waals surface area contributed by atoms with Crippen LogP contribution in [-0.4, -0.2) is 11.8 Å². The van der Waals surface area contributed by atoms with Gasteiger partial charge in [0.15, 0.2) is 0 Å². The van der Waals surface area contributed by atoms with E-state index in [0.29, 0.717) is 24.2 Å². The van der Waals surface area contributed by atoms with Gasteiger partial charge in [0.2, 0.25) is 0 Å². The average Bonchev–Trinajstić information content (AvgIpc) is 2.37. The van der Waals surface area contributed by atoms with Crippen LogP contribution in [0.1, 0.15) is 39.0 Å². The molecule has 2 heteroatoms. The number of carbonyl (C=O) groups is 1. The molecular weight excluding hydrogens is 138 g/mol. The second-order valence-electron chi connectivity index (χ2n) is 3.45. The molecule has 0 spiro atoms. The molecule has 0 bridgehead atoms. The molecule has 0 amide bonds. The highest BCUT2D eigenvalue weighted by atomic mass is 16.1. The Bertz CT molecular complexity index is 144. The summed E-state index contributed by atoms with van der Waals surface area (Å²) in [5.74, 6) is 0.856. The minimum atomic E-state index is 0.297. The van der Waals surface area contributed by atoms with E-state index in [0.717, 1.165) is 19.3 Å². The van der Waals surface area contributed by atoms with Crippen LogP contribution in [0.5, 0.6) is 0 Å². The second kappa shape index (κ2) is 3.86. The van der Waals surface area contributed by atoms with Crippen LogP contribution < -0.4 is 5.73 Å². The van der Waals surface area contributed by atoms with Gasteiger partial charge in [0, 0.05) is 18.9 Å². The third kappa shape index (κ3) is 2.29. The van der Waals surface area contributed by atoms with Crippen molar-refractivity contribution in [2.24, 2.45) is 11.7 Å². The number of hydrogen-bond donors (Lipinski definition) is 1. The lowest BCUT2D eigenvalue weighted by Crippen LogP contribution is -2.26. The van der Waals surface area contributed by atoms with Gasteiger partial charge >= 0.3 is 0 Å². The maximum Gasteiger partial charge on any atom is 0.132 e. The van der Waals surface area contributed by atoms with E-state index in [1.54, 1.807) is 0 Å². The molecule has 1 saturated carbocycles. The third-order valence-electron chi connectivity index (χ3n) is 2.60. The molecule has 0 saturated heterocycles. The van der Waals surface area contributed by atoms with E-state index in [2.05, 4.69) is 0 Å². The Labute approximate surface area is 68.2 Å². The van der Waals surface area contributed by atoms with Crippen molar-refractivity contribution in [2.45, 2.75) is 45.1 Å². The molecule has 0 radical (unpaired) electrons. The van der Waals surface area contributed by atoms with E-state index in [4.69, 9.17) is 5.73 Å². The zero-order valence-electron chi connectivity index (χ0n) is 7.18. The summed E-state index contributed by atoms with van der Waals surface area (Å²) in [4.78, 5) is 11.1. The Balaban J connectivity index is 2.30. The fourth-order valence-corrected chi connectivity index (χ4v) is 1.76. The van der Waals surface area contributed by atoms with Crippen molar-refractivity contribution in [3.05, 3.63) is 0 Å². The van der Waals surface area contributed by atoms with Crippen LogP contribution in [0, 0.1) is 5.92 Å². The summed E-state index contributed by atoms with van der Waals surface area (Å²) in [5, 5.41) is 0. The molecule has 2 atom stereocenters. The predicted molar refractivity (Wildman–Crippen MR) is 45.2 cm³/mol. The molecular formula is C9H17NO. The maximum absolute atomic E-state index is 11.1. The molecule has 1 fully saturated rings. The standard InChI is InChI=1S/C9H17NO/c1-2-8(11)6-7-4-3-5-9(7)10/h7,9H,2-6,10H2,1H3. The van der Waals surface area contributed by atoms with Crippen LogP contribution >= 0.6 is 0 Å². The third-order valence-corrected chi connectivity index (χ3v) is 2.60. The predicted octanol–water partition coefficient (Wildman–Crippen LogP) is 1.48. The molecule has 2 nitrogen and oxygen atoms in total. The van der Waals surface area contributed by atoms with Crippen molar-refractivity contribution in [1.29, 1.82) is 0 Å². The molecule has 11 heavy (non-hydrogen) atoms. The summed E-state index contributed by atoms with van der Waals surface area (Å²) in [6.07, 6.45) is 4.87. The van der Waals surface area contributed by atoms with Crippen molar-refractivity contribution in [1.82, 2.24) is 0 Å². The zero-order chi connectivity index (χ0) is 8.27. The first-order valence-electron chi connectivity index (χ1n) is 4.51. The fraction of sp³-hybridized carbons (Fsp3) is 0.889. The minimum Gasteiger partial charge on any atom is -0.327 e. The van der Waals surface area contributed by atoms with E-state index in [-0.39, 0.29) is 0 Å². The molecule has 0 aromatic carbocycles. The fourth-order valence-electron chi connectivity index (χ4n) is 1.76. The van der Waals surface area contributed by atoms with Gasteiger partial charge in [-0.3, -0.25) is 4.79 Å². The van der Waals surface area contributed by atoms with Crippen molar-refractivity contribution in [3.8, 4) is 0 Å². The largest absolute Gasteiger partial charge is 0.327 e. The highest BCUT2D eigenvalue weighted by Gasteiger charge is 2.25. The normalized spacial score (nSPS) is 30.7. The van der Waals surface area contributed by atoms with Gasteiger partial charge in [-0.05, 0) is 18.8 Å². The molecule has 0 aromatic rings. The number of rotatable bonds is 3. The Kier molecular flexibility index (Phi) is 3.06. The molecule has 2 unspecified atom stereocenters. The Morgan fingerprint density at radius 2 is 2.27 bits per heavy atom. The number of nitrogens with two attached hydrogens (primary N) is 1. The lowest BCUT2D eigenvalue weighted by atomic mass is 9.97. The number of carbonyl (C=O) groups excluding carboxylic acids is 1. The Hall–Kier alpha value is -0.370. The van der Waals surface area contributed by atoms with E-state index >= 15 is 0 Å². The number of hydrogen-bond acceptors (Lipinski definition) is 2. The van der Waals surface area contributed by atoms with Gasteiger partial charge in [-0.15, -0.1) is 0 Å². The monoisotopic (exact) mass is 155 g/mol. The highest BCUT2D eigenvalue weighted by Crippen LogP contribution is 2.27. The summed E-state index contributed by atoms with van der Waals surface area (Å²) in [6, 6.07) is 0.297. The lowest BCUT2D eigenvalue weighted by molar-refractivity contribution is -0.119. The van der Waals surface area contributed by atoms with Gasteiger partial charge in [0.05, 0.1) is 0 Å². The molecule has 0 aliphatic heterocycles. The quantitative estimate of drug-likeness (QED) is 0.671. The zero-order valence-corrected chi connectivity index (χ0v) is 7.18. The smallest absolute Gasteiger partial charge is 0.132 e. The SMILES string of the molecule is CCC(=O)CC1CCCC1N. The molecule has 1 aliphatic rings.